The third-order valence-electron chi connectivity index (χ3n) is 7.22. The number of hydrogen-bond donors (Lipinski definition) is 3. The number of anilines is 3. The van der Waals surface area contributed by atoms with Crippen LogP contribution in [0.5, 0.6) is 11.5 Å². The van der Waals surface area contributed by atoms with Crippen molar-refractivity contribution >= 4 is 35.0 Å². The van der Waals surface area contributed by atoms with E-state index in [1.807, 2.05) is 0 Å². The van der Waals surface area contributed by atoms with E-state index in [0.717, 1.165) is 6.07 Å². The number of nitrogens with zero attached hydrogens (tertiary/aromatic N) is 2. The highest BCUT2D eigenvalue weighted by molar-refractivity contribution is 6.16. The van der Waals surface area contributed by atoms with Crippen LogP contribution in [0.1, 0.15) is 12.8 Å². The van der Waals surface area contributed by atoms with Gasteiger partial charge in [-0.25, -0.2) is 18.6 Å². The van der Waals surface area contributed by atoms with Gasteiger partial charge in [-0.05, 0) is 55.3 Å². The summed E-state index contributed by atoms with van der Waals surface area (Å²) >= 11 is 0. The van der Waals surface area contributed by atoms with Crippen molar-refractivity contribution in [2.75, 3.05) is 43.3 Å². The Bertz CT molecular complexity index is 1470. The molecule has 11 nitrogen and oxygen atoms in total. The maximum absolute atomic E-state index is 14.9. The molecule has 0 radical (unpaired) electrons. The smallest absolute Gasteiger partial charge is 0.323 e. The van der Waals surface area contributed by atoms with Crippen LogP contribution in [0.3, 0.4) is 0 Å². The van der Waals surface area contributed by atoms with Gasteiger partial charge >= 0.3 is 6.03 Å². The summed E-state index contributed by atoms with van der Waals surface area (Å²) in [6.45, 7) is 0.721. The Morgan fingerprint density at radius 3 is 2.12 bits per heavy atom. The molecule has 2 unspecified atom stereocenters. The summed E-state index contributed by atoms with van der Waals surface area (Å²) in [5.41, 5.74) is -1.11. The average Bonchev–Trinajstić information content (AvgIpc) is 3.69. The maximum Gasteiger partial charge on any atom is 0.323 e. The molecule has 13 heteroatoms. The summed E-state index contributed by atoms with van der Waals surface area (Å²) in [5, 5.41) is 7.79. The number of halogens is 2. The zero-order chi connectivity index (χ0) is 29.9. The van der Waals surface area contributed by atoms with Crippen molar-refractivity contribution in [1.82, 2.24) is 9.88 Å². The lowest BCUT2D eigenvalue weighted by molar-refractivity contribution is -0.131. The van der Waals surface area contributed by atoms with Gasteiger partial charge in [0.25, 0.3) is 0 Å². The minimum Gasteiger partial charge on any atom is -0.457 e. The molecule has 1 aromatic heterocycles. The Labute approximate surface area is 240 Å². The normalized spacial score (nSPS) is 18.7. The van der Waals surface area contributed by atoms with Gasteiger partial charge in [-0.1, -0.05) is 0 Å². The highest BCUT2D eigenvalue weighted by Gasteiger charge is 2.56. The first-order chi connectivity index (χ1) is 20.2. The van der Waals surface area contributed by atoms with Crippen molar-refractivity contribution in [3.63, 3.8) is 0 Å². The molecule has 3 aromatic rings. The van der Waals surface area contributed by atoms with Crippen molar-refractivity contribution in [3.05, 3.63) is 72.4 Å². The molecule has 1 aliphatic heterocycles. The Morgan fingerprint density at radius 1 is 0.857 bits per heavy atom. The highest BCUT2D eigenvalue weighted by atomic mass is 19.1. The molecule has 2 heterocycles. The van der Waals surface area contributed by atoms with E-state index in [9.17, 15) is 23.2 Å². The fraction of sp³-hybridized carbons (Fsp3) is 0.310. The van der Waals surface area contributed by atoms with Gasteiger partial charge in [0, 0.05) is 38.2 Å². The third-order valence-corrected chi connectivity index (χ3v) is 7.22. The molecule has 4 amide bonds. The standard InChI is InChI=1S/C29H29F2N5O6/c1-40-23-15-36(16-24(23)41-2)28(39)35-25-14-20(9-12-32-25)42-19-7-8-22(21(31)13-19)34-27(38)29(10-11-29)26(37)33-18-5-3-17(30)4-6-18/h3-9,12-14,23-24H,10-11,15-16H2,1-2H3,(H,33,37)(H,34,38)(H,32,35,39). The van der Waals surface area contributed by atoms with E-state index < -0.39 is 28.9 Å². The van der Waals surface area contributed by atoms with Crippen molar-refractivity contribution in [2.24, 2.45) is 5.41 Å². The number of aromatic nitrogens is 1. The molecule has 42 heavy (non-hydrogen) atoms. The average molecular weight is 582 g/mol. The number of methoxy groups -OCH3 is 2. The highest BCUT2D eigenvalue weighted by Crippen LogP contribution is 2.47. The van der Waals surface area contributed by atoms with Gasteiger partial charge in [-0.15, -0.1) is 0 Å². The lowest BCUT2D eigenvalue weighted by atomic mass is 10.0. The quantitative estimate of drug-likeness (QED) is 0.320. The summed E-state index contributed by atoms with van der Waals surface area (Å²) < 4.78 is 44.5. The molecule has 1 saturated heterocycles. The summed E-state index contributed by atoms with van der Waals surface area (Å²) in [7, 11) is 3.12. The number of rotatable bonds is 9. The molecule has 5 rings (SSSR count). The number of carbonyl (C=O) groups excluding carboxylic acids is 3. The summed E-state index contributed by atoms with van der Waals surface area (Å²) in [5.74, 6) is -1.76. The number of likely N-dealkylation sites (tertiary alicyclic amines) is 1. The van der Waals surface area contributed by atoms with Crippen LogP contribution in [0.4, 0.5) is 30.8 Å². The molecule has 2 atom stereocenters. The van der Waals surface area contributed by atoms with Crippen LogP contribution < -0.4 is 20.7 Å². The molecule has 1 saturated carbocycles. The number of ether oxygens (including phenoxy) is 3. The van der Waals surface area contributed by atoms with E-state index in [0.29, 0.717) is 31.6 Å². The summed E-state index contributed by atoms with van der Waals surface area (Å²) in [6, 6.07) is 11.7. The molecule has 2 aromatic carbocycles. The van der Waals surface area contributed by atoms with E-state index >= 15 is 0 Å². The van der Waals surface area contributed by atoms with E-state index in [2.05, 4.69) is 20.9 Å². The van der Waals surface area contributed by atoms with Gasteiger partial charge in [0.05, 0.1) is 18.8 Å². The second kappa shape index (κ2) is 12.1. The number of benzene rings is 2. The molecule has 220 valence electrons. The second-order valence-electron chi connectivity index (χ2n) is 10.0. The van der Waals surface area contributed by atoms with Crippen LogP contribution in [0.15, 0.2) is 60.8 Å². The van der Waals surface area contributed by atoms with Crippen molar-refractivity contribution in [1.29, 1.82) is 0 Å². The number of amides is 4. The SMILES string of the molecule is COC1CN(C(=O)Nc2cc(Oc3ccc(NC(=O)C4(C(=O)Nc5ccc(F)cc5)CC4)c(F)c3)ccn2)CC1OC. The topological polar surface area (TPSA) is 131 Å². The minimum absolute atomic E-state index is 0.120. The van der Waals surface area contributed by atoms with E-state index in [1.54, 1.807) is 19.1 Å². The van der Waals surface area contributed by atoms with Gasteiger partial charge in [-0.3, -0.25) is 14.9 Å². The molecule has 2 aliphatic rings. The number of carbonyl (C=O) groups is 3. The van der Waals surface area contributed by atoms with Crippen molar-refractivity contribution in [2.45, 2.75) is 25.0 Å². The number of hydrogen-bond acceptors (Lipinski definition) is 7. The predicted octanol–water partition coefficient (Wildman–Crippen LogP) is 4.39. The first kappa shape index (κ1) is 28.9. The van der Waals surface area contributed by atoms with Crippen LogP contribution in [0.25, 0.3) is 0 Å². The monoisotopic (exact) mass is 581 g/mol. The lowest BCUT2D eigenvalue weighted by Gasteiger charge is -2.17. The van der Waals surface area contributed by atoms with Gasteiger partial charge in [-0.2, -0.15) is 0 Å². The van der Waals surface area contributed by atoms with Crippen molar-refractivity contribution in [3.8, 4) is 11.5 Å². The maximum atomic E-state index is 14.9. The van der Waals surface area contributed by atoms with Crippen LogP contribution in [0.2, 0.25) is 0 Å². The van der Waals surface area contributed by atoms with Crippen LogP contribution >= 0.6 is 0 Å². The Kier molecular flexibility index (Phi) is 8.31. The molecular formula is C29H29F2N5O6. The van der Waals surface area contributed by atoms with Crippen LogP contribution in [-0.2, 0) is 19.1 Å². The zero-order valence-corrected chi connectivity index (χ0v) is 22.9. The van der Waals surface area contributed by atoms with Crippen LogP contribution in [0, 0.1) is 17.0 Å². The molecule has 3 N–H and O–H groups in total. The molecule has 0 bridgehead atoms. The first-order valence-electron chi connectivity index (χ1n) is 13.1. The fourth-order valence-electron chi connectivity index (χ4n) is 4.60. The zero-order valence-electron chi connectivity index (χ0n) is 22.9. The van der Waals surface area contributed by atoms with E-state index in [4.69, 9.17) is 14.2 Å². The molecular weight excluding hydrogens is 552 g/mol. The largest absolute Gasteiger partial charge is 0.457 e. The number of pyridine rings is 1. The van der Waals surface area contributed by atoms with Crippen LogP contribution in [-0.4, -0.2) is 67.2 Å². The summed E-state index contributed by atoms with van der Waals surface area (Å²) in [6.07, 6.45) is 1.56. The summed E-state index contributed by atoms with van der Waals surface area (Å²) in [4.78, 5) is 44.1. The first-order valence-corrected chi connectivity index (χ1v) is 13.1. The van der Waals surface area contributed by atoms with Gasteiger partial charge in [0.1, 0.15) is 46.6 Å². The van der Waals surface area contributed by atoms with E-state index in [-0.39, 0.29) is 41.2 Å². The van der Waals surface area contributed by atoms with Gasteiger partial charge < -0.3 is 29.7 Å². The minimum atomic E-state index is -1.34. The Balaban J connectivity index is 1.18. The predicted molar refractivity (Wildman–Crippen MR) is 148 cm³/mol. The second-order valence-corrected chi connectivity index (χ2v) is 10.0. The van der Waals surface area contributed by atoms with Crippen molar-refractivity contribution < 1.29 is 37.4 Å². The number of nitrogens with one attached hydrogen (secondary N) is 3. The number of urea groups is 1. The van der Waals surface area contributed by atoms with Gasteiger partial charge in [0.2, 0.25) is 11.8 Å². The molecule has 1 aliphatic carbocycles. The van der Waals surface area contributed by atoms with E-state index in [1.165, 1.54) is 54.7 Å². The Hall–Kier alpha value is -4.62. The Morgan fingerprint density at radius 2 is 1.50 bits per heavy atom. The fourth-order valence-corrected chi connectivity index (χ4v) is 4.60. The third kappa shape index (κ3) is 6.31. The molecule has 0 spiro atoms. The molecule has 2 fully saturated rings. The lowest BCUT2D eigenvalue weighted by Crippen LogP contribution is -2.35. The van der Waals surface area contributed by atoms with Gasteiger partial charge in [0.15, 0.2) is 0 Å².